The van der Waals surface area contributed by atoms with Crippen molar-refractivity contribution in [1.29, 1.82) is 0 Å². The molecule has 1 aromatic heterocycles. The minimum absolute atomic E-state index is 0.331. The van der Waals surface area contributed by atoms with Gasteiger partial charge < -0.3 is 4.74 Å². The number of ether oxygens (including phenoxy) is 1. The molecule has 0 atom stereocenters. The van der Waals surface area contributed by atoms with Crippen LogP contribution in [0, 0.1) is 13.8 Å². The average molecular weight is 209 g/mol. The lowest BCUT2D eigenvalue weighted by Crippen LogP contribution is -2.08. The van der Waals surface area contributed by atoms with Crippen molar-refractivity contribution in [1.82, 2.24) is 9.78 Å². The predicted octanol–water partition coefficient (Wildman–Crippen LogP) is 1.33. The molecule has 0 aromatic carbocycles. The predicted molar refractivity (Wildman–Crippen MR) is 57.2 cm³/mol. The van der Waals surface area contributed by atoms with Crippen molar-refractivity contribution in [3.8, 4) is 0 Å². The van der Waals surface area contributed by atoms with Crippen molar-refractivity contribution >= 4 is 12.7 Å². The zero-order valence-corrected chi connectivity index (χ0v) is 9.28. The fourth-order valence-electron chi connectivity index (χ4n) is 1.43. The maximum atomic E-state index is 11.6. The molecule has 15 heavy (non-hydrogen) atoms. The molecule has 1 heterocycles. The smallest absolute Gasteiger partial charge is 0.341 e. The molecular formula is C10H15N3O2. The second-order valence-corrected chi connectivity index (χ2v) is 3.13. The Balaban J connectivity index is 3.07. The van der Waals surface area contributed by atoms with Crippen LogP contribution in [0.3, 0.4) is 0 Å². The van der Waals surface area contributed by atoms with Gasteiger partial charge in [-0.2, -0.15) is 5.10 Å². The first-order valence-corrected chi connectivity index (χ1v) is 4.75. The van der Waals surface area contributed by atoms with Crippen molar-refractivity contribution in [3.63, 3.8) is 0 Å². The summed E-state index contributed by atoms with van der Waals surface area (Å²) in [5, 5.41) is 4.19. The molecule has 0 spiro atoms. The molecular weight excluding hydrogens is 194 g/mol. The van der Waals surface area contributed by atoms with Gasteiger partial charge >= 0.3 is 5.97 Å². The minimum Gasteiger partial charge on any atom is -0.462 e. The summed E-state index contributed by atoms with van der Waals surface area (Å²) in [6, 6.07) is 0. The fraction of sp³-hybridized carbons (Fsp3) is 0.500. The van der Waals surface area contributed by atoms with Crippen LogP contribution in [0.2, 0.25) is 0 Å². The van der Waals surface area contributed by atoms with E-state index < -0.39 is 0 Å². The van der Waals surface area contributed by atoms with Gasteiger partial charge in [-0.25, -0.2) is 9.48 Å². The van der Waals surface area contributed by atoms with Crippen molar-refractivity contribution < 1.29 is 9.53 Å². The van der Waals surface area contributed by atoms with Gasteiger partial charge in [-0.3, -0.25) is 4.99 Å². The van der Waals surface area contributed by atoms with Crippen LogP contribution >= 0.6 is 0 Å². The van der Waals surface area contributed by atoms with E-state index in [0.717, 1.165) is 5.69 Å². The average Bonchev–Trinajstić information content (AvgIpc) is 2.43. The standard InChI is InChI=1S/C10H15N3O2/c1-5-15-10(14)9-7(2)12-13(6-11-4)8(9)3/h4-6H2,1-3H3. The zero-order chi connectivity index (χ0) is 11.4. The lowest BCUT2D eigenvalue weighted by molar-refractivity contribution is 0.0524. The van der Waals surface area contributed by atoms with Crippen LogP contribution in [0.1, 0.15) is 28.7 Å². The van der Waals surface area contributed by atoms with Crippen molar-refractivity contribution in [2.75, 3.05) is 6.61 Å². The summed E-state index contributed by atoms with van der Waals surface area (Å²) in [5.74, 6) is -0.331. The monoisotopic (exact) mass is 209 g/mol. The highest BCUT2D eigenvalue weighted by Crippen LogP contribution is 2.14. The third kappa shape index (κ3) is 2.23. The molecule has 0 unspecified atom stereocenters. The van der Waals surface area contributed by atoms with Gasteiger partial charge in [0.15, 0.2) is 0 Å². The Morgan fingerprint density at radius 1 is 1.60 bits per heavy atom. The maximum absolute atomic E-state index is 11.6. The van der Waals surface area contributed by atoms with E-state index in [1.54, 1.807) is 18.5 Å². The molecule has 0 amide bonds. The summed E-state index contributed by atoms with van der Waals surface area (Å²) in [4.78, 5) is 15.3. The number of carbonyl (C=O) groups is 1. The van der Waals surface area contributed by atoms with Crippen LogP contribution in [0.15, 0.2) is 4.99 Å². The zero-order valence-electron chi connectivity index (χ0n) is 9.28. The maximum Gasteiger partial charge on any atom is 0.341 e. The third-order valence-corrected chi connectivity index (χ3v) is 2.10. The van der Waals surface area contributed by atoms with Gasteiger partial charge in [0.1, 0.15) is 12.2 Å². The highest BCUT2D eigenvalue weighted by Gasteiger charge is 2.18. The number of aryl methyl sites for hydroxylation is 1. The van der Waals surface area contributed by atoms with E-state index in [9.17, 15) is 4.79 Å². The number of hydrogen-bond acceptors (Lipinski definition) is 4. The fourth-order valence-corrected chi connectivity index (χ4v) is 1.43. The number of hydrogen-bond donors (Lipinski definition) is 0. The van der Waals surface area contributed by atoms with Gasteiger partial charge in [-0.05, 0) is 27.5 Å². The SMILES string of the molecule is C=NCn1nc(C)c(C(=O)OCC)c1C. The van der Waals surface area contributed by atoms with Crippen molar-refractivity contribution in [3.05, 3.63) is 17.0 Å². The van der Waals surface area contributed by atoms with Crippen molar-refractivity contribution in [2.45, 2.75) is 27.4 Å². The Hall–Kier alpha value is -1.65. The van der Waals surface area contributed by atoms with Crippen LogP contribution in [0.5, 0.6) is 0 Å². The number of esters is 1. The summed E-state index contributed by atoms with van der Waals surface area (Å²) in [6.07, 6.45) is 0. The van der Waals surface area contributed by atoms with E-state index in [2.05, 4.69) is 16.8 Å². The molecule has 82 valence electrons. The van der Waals surface area contributed by atoms with Crippen LogP contribution in [-0.2, 0) is 11.4 Å². The number of aliphatic imine (C=N–C) groups is 1. The molecule has 5 heteroatoms. The highest BCUT2D eigenvalue weighted by molar-refractivity contribution is 5.91. The molecule has 0 saturated carbocycles. The summed E-state index contributed by atoms with van der Waals surface area (Å²) in [5.41, 5.74) is 1.95. The molecule has 0 radical (unpaired) electrons. The first-order chi connectivity index (χ1) is 7.11. The molecule has 0 saturated heterocycles. The van der Waals surface area contributed by atoms with Crippen LogP contribution < -0.4 is 0 Å². The van der Waals surface area contributed by atoms with Crippen molar-refractivity contribution in [2.24, 2.45) is 4.99 Å². The molecule has 5 nitrogen and oxygen atoms in total. The summed E-state index contributed by atoms with van der Waals surface area (Å²) >= 11 is 0. The van der Waals surface area contributed by atoms with Gasteiger partial charge in [-0.1, -0.05) is 0 Å². The van der Waals surface area contributed by atoms with Crippen LogP contribution in [-0.4, -0.2) is 29.1 Å². The Labute approximate surface area is 88.8 Å². The number of carbonyl (C=O) groups excluding carboxylic acids is 1. The lowest BCUT2D eigenvalue weighted by atomic mass is 10.2. The van der Waals surface area contributed by atoms with Gasteiger partial charge in [-0.15, -0.1) is 0 Å². The van der Waals surface area contributed by atoms with E-state index in [-0.39, 0.29) is 5.97 Å². The largest absolute Gasteiger partial charge is 0.462 e. The molecule has 0 aliphatic rings. The van der Waals surface area contributed by atoms with Crippen LogP contribution in [0.25, 0.3) is 0 Å². The third-order valence-electron chi connectivity index (χ3n) is 2.10. The first kappa shape index (κ1) is 11.4. The van der Waals surface area contributed by atoms with Gasteiger partial charge in [0.05, 0.1) is 18.0 Å². The Bertz CT molecular complexity index is 382. The number of nitrogens with zero attached hydrogens (tertiary/aromatic N) is 3. The first-order valence-electron chi connectivity index (χ1n) is 4.75. The Morgan fingerprint density at radius 3 is 2.80 bits per heavy atom. The number of rotatable bonds is 4. The number of aromatic nitrogens is 2. The molecule has 1 rings (SSSR count). The quantitative estimate of drug-likeness (QED) is 0.555. The molecule has 0 aliphatic heterocycles. The van der Waals surface area contributed by atoms with E-state index >= 15 is 0 Å². The van der Waals surface area contributed by atoms with E-state index in [1.165, 1.54) is 0 Å². The van der Waals surface area contributed by atoms with Gasteiger partial charge in [0.25, 0.3) is 0 Å². The van der Waals surface area contributed by atoms with Crippen LogP contribution in [0.4, 0.5) is 0 Å². The molecule has 1 aromatic rings. The summed E-state index contributed by atoms with van der Waals surface area (Å²) in [7, 11) is 0. The Kier molecular flexibility index (Phi) is 3.60. The topological polar surface area (TPSA) is 56.5 Å². The lowest BCUT2D eigenvalue weighted by Gasteiger charge is -2.02. The molecule has 0 bridgehead atoms. The molecule has 0 N–H and O–H groups in total. The molecule has 0 fully saturated rings. The van der Waals surface area contributed by atoms with Gasteiger partial charge in [0, 0.05) is 0 Å². The van der Waals surface area contributed by atoms with E-state index in [4.69, 9.17) is 4.74 Å². The second-order valence-electron chi connectivity index (χ2n) is 3.13. The normalized spacial score (nSPS) is 10.1. The minimum atomic E-state index is -0.331. The molecule has 0 aliphatic carbocycles. The second kappa shape index (κ2) is 4.72. The highest BCUT2D eigenvalue weighted by atomic mass is 16.5. The summed E-state index contributed by atoms with van der Waals surface area (Å²) < 4.78 is 6.58. The van der Waals surface area contributed by atoms with E-state index in [0.29, 0.717) is 24.5 Å². The van der Waals surface area contributed by atoms with Gasteiger partial charge in [0.2, 0.25) is 0 Å². The van der Waals surface area contributed by atoms with E-state index in [1.807, 2.05) is 6.92 Å². The summed E-state index contributed by atoms with van der Waals surface area (Å²) in [6.45, 7) is 9.48. The Morgan fingerprint density at radius 2 is 2.27 bits per heavy atom.